The van der Waals surface area contributed by atoms with Crippen LogP contribution in [0.25, 0.3) is 11.3 Å². The van der Waals surface area contributed by atoms with E-state index in [2.05, 4.69) is 4.98 Å². The lowest BCUT2D eigenvalue weighted by molar-refractivity contribution is 1.12. The molecule has 2 nitrogen and oxygen atoms in total. The fourth-order valence-electron chi connectivity index (χ4n) is 1.54. The predicted octanol–water partition coefficient (Wildman–Crippen LogP) is 4.12. The zero-order chi connectivity index (χ0) is 12.4. The highest BCUT2D eigenvalue weighted by molar-refractivity contribution is 6.36. The number of anilines is 1. The van der Waals surface area contributed by atoms with E-state index in [0.29, 0.717) is 10.0 Å². The van der Waals surface area contributed by atoms with E-state index in [1.807, 2.05) is 43.3 Å². The summed E-state index contributed by atoms with van der Waals surface area (Å²) in [4.78, 5) is 6.35. The topological polar surface area (TPSA) is 16.1 Å². The first-order valence-electron chi connectivity index (χ1n) is 5.17. The van der Waals surface area contributed by atoms with E-state index in [4.69, 9.17) is 23.2 Å². The molecule has 0 aliphatic heterocycles. The summed E-state index contributed by atoms with van der Waals surface area (Å²) in [7, 11) is 3.98. The van der Waals surface area contributed by atoms with Crippen molar-refractivity contribution in [3.05, 3.63) is 46.6 Å². The third-order valence-electron chi connectivity index (χ3n) is 2.47. The molecule has 17 heavy (non-hydrogen) atoms. The molecule has 0 fully saturated rings. The van der Waals surface area contributed by atoms with Crippen LogP contribution in [-0.2, 0) is 0 Å². The second-order valence-corrected chi connectivity index (χ2v) is 4.76. The summed E-state index contributed by atoms with van der Waals surface area (Å²) < 4.78 is 0. The van der Waals surface area contributed by atoms with Crippen LogP contribution in [0, 0.1) is 0 Å². The molecule has 0 saturated heterocycles. The number of pyridine rings is 1. The highest BCUT2D eigenvalue weighted by Crippen LogP contribution is 2.30. The van der Waals surface area contributed by atoms with E-state index in [1.54, 1.807) is 12.3 Å². The first-order valence-corrected chi connectivity index (χ1v) is 5.92. The van der Waals surface area contributed by atoms with Gasteiger partial charge < -0.3 is 4.90 Å². The second-order valence-electron chi connectivity index (χ2n) is 3.92. The van der Waals surface area contributed by atoms with Crippen LogP contribution < -0.4 is 4.90 Å². The Hall–Kier alpha value is -1.25. The van der Waals surface area contributed by atoms with Crippen LogP contribution in [0.5, 0.6) is 0 Å². The van der Waals surface area contributed by atoms with Gasteiger partial charge in [0.2, 0.25) is 0 Å². The molecule has 0 amide bonds. The molecule has 0 aliphatic carbocycles. The third kappa shape index (κ3) is 2.71. The number of halogens is 2. The van der Waals surface area contributed by atoms with Crippen molar-refractivity contribution in [1.29, 1.82) is 0 Å². The summed E-state index contributed by atoms with van der Waals surface area (Å²) in [6, 6.07) is 9.37. The van der Waals surface area contributed by atoms with Gasteiger partial charge in [-0.3, -0.25) is 4.98 Å². The fraction of sp³-hybridized carbons (Fsp3) is 0.154. The Morgan fingerprint density at radius 3 is 2.47 bits per heavy atom. The van der Waals surface area contributed by atoms with Crippen molar-refractivity contribution >= 4 is 28.9 Å². The van der Waals surface area contributed by atoms with Gasteiger partial charge in [0.05, 0.1) is 10.7 Å². The predicted molar refractivity (Wildman–Crippen MR) is 74.0 cm³/mol. The molecule has 1 aromatic heterocycles. The number of benzene rings is 1. The first kappa shape index (κ1) is 12.2. The molecule has 0 spiro atoms. The SMILES string of the molecule is CN(C)c1ccnc(-c2ccc(Cl)cc2Cl)c1. The van der Waals surface area contributed by atoms with Gasteiger partial charge >= 0.3 is 0 Å². The summed E-state index contributed by atoms with van der Waals surface area (Å²) in [6.45, 7) is 0. The number of rotatable bonds is 2. The normalized spacial score (nSPS) is 10.4. The highest BCUT2D eigenvalue weighted by atomic mass is 35.5. The summed E-state index contributed by atoms with van der Waals surface area (Å²) in [6.07, 6.45) is 1.77. The Labute approximate surface area is 111 Å². The van der Waals surface area contributed by atoms with Crippen molar-refractivity contribution in [3.63, 3.8) is 0 Å². The first-order chi connectivity index (χ1) is 8.08. The maximum Gasteiger partial charge on any atom is 0.0737 e. The quantitative estimate of drug-likeness (QED) is 0.813. The molecule has 88 valence electrons. The number of nitrogens with zero attached hydrogens (tertiary/aromatic N) is 2. The lowest BCUT2D eigenvalue weighted by Crippen LogP contribution is -2.08. The van der Waals surface area contributed by atoms with Crippen molar-refractivity contribution < 1.29 is 0 Å². The van der Waals surface area contributed by atoms with E-state index in [0.717, 1.165) is 16.9 Å². The molecule has 2 rings (SSSR count). The molecule has 1 heterocycles. The molecule has 0 radical (unpaired) electrons. The lowest BCUT2D eigenvalue weighted by Gasteiger charge is -2.13. The fourth-order valence-corrected chi connectivity index (χ4v) is 2.05. The molecule has 0 saturated carbocycles. The third-order valence-corrected chi connectivity index (χ3v) is 3.01. The lowest BCUT2D eigenvalue weighted by atomic mass is 10.1. The largest absolute Gasteiger partial charge is 0.378 e. The standard InChI is InChI=1S/C13H12Cl2N2/c1-17(2)10-5-6-16-13(8-10)11-4-3-9(14)7-12(11)15/h3-8H,1-2H3. The van der Waals surface area contributed by atoms with Crippen molar-refractivity contribution in [2.24, 2.45) is 0 Å². The maximum atomic E-state index is 6.16. The van der Waals surface area contributed by atoms with Gasteiger partial charge in [-0.25, -0.2) is 0 Å². The number of aromatic nitrogens is 1. The van der Waals surface area contributed by atoms with E-state index >= 15 is 0 Å². The molecule has 0 aliphatic rings. The maximum absolute atomic E-state index is 6.16. The summed E-state index contributed by atoms with van der Waals surface area (Å²) in [5.74, 6) is 0. The van der Waals surface area contributed by atoms with E-state index in [9.17, 15) is 0 Å². The Balaban J connectivity index is 2.49. The monoisotopic (exact) mass is 266 g/mol. The van der Waals surface area contributed by atoms with E-state index < -0.39 is 0 Å². The van der Waals surface area contributed by atoms with E-state index in [-0.39, 0.29) is 0 Å². The zero-order valence-corrected chi connectivity index (χ0v) is 11.1. The van der Waals surface area contributed by atoms with Gasteiger partial charge in [-0.2, -0.15) is 0 Å². The van der Waals surface area contributed by atoms with Crippen LogP contribution in [0.3, 0.4) is 0 Å². The van der Waals surface area contributed by atoms with Gasteiger partial charge in [-0.05, 0) is 30.3 Å². The Kier molecular flexibility index (Phi) is 3.55. The Morgan fingerprint density at radius 2 is 1.82 bits per heavy atom. The number of hydrogen-bond acceptors (Lipinski definition) is 2. The van der Waals surface area contributed by atoms with Crippen LogP contribution in [0.15, 0.2) is 36.5 Å². The molecule has 4 heteroatoms. The van der Waals surface area contributed by atoms with Gasteiger partial charge in [0.25, 0.3) is 0 Å². The summed E-state index contributed by atoms with van der Waals surface area (Å²) >= 11 is 12.0. The van der Waals surface area contributed by atoms with Crippen LogP contribution >= 0.6 is 23.2 Å². The average molecular weight is 267 g/mol. The minimum Gasteiger partial charge on any atom is -0.378 e. The van der Waals surface area contributed by atoms with Crippen molar-refractivity contribution in [2.75, 3.05) is 19.0 Å². The Morgan fingerprint density at radius 1 is 1.06 bits per heavy atom. The molecule has 1 aromatic carbocycles. The molecule has 0 unspecified atom stereocenters. The average Bonchev–Trinajstić information content (AvgIpc) is 2.29. The number of hydrogen-bond donors (Lipinski definition) is 0. The van der Waals surface area contributed by atoms with Gasteiger partial charge in [-0.15, -0.1) is 0 Å². The zero-order valence-electron chi connectivity index (χ0n) is 9.61. The minimum atomic E-state index is 0.612. The van der Waals surface area contributed by atoms with Gasteiger partial charge in [0.15, 0.2) is 0 Å². The molecule has 0 bridgehead atoms. The van der Waals surface area contributed by atoms with Crippen LogP contribution in [0.1, 0.15) is 0 Å². The molecular weight excluding hydrogens is 255 g/mol. The van der Waals surface area contributed by atoms with Crippen LogP contribution in [-0.4, -0.2) is 19.1 Å². The van der Waals surface area contributed by atoms with Crippen LogP contribution in [0.4, 0.5) is 5.69 Å². The molecule has 0 atom stereocenters. The second kappa shape index (κ2) is 4.94. The van der Waals surface area contributed by atoms with Gasteiger partial charge in [-0.1, -0.05) is 23.2 Å². The minimum absolute atomic E-state index is 0.612. The smallest absolute Gasteiger partial charge is 0.0737 e. The summed E-state index contributed by atoms with van der Waals surface area (Å²) in [5.41, 5.74) is 2.82. The van der Waals surface area contributed by atoms with Crippen molar-refractivity contribution in [3.8, 4) is 11.3 Å². The van der Waals surface area contributed by atoms with Gasteiger partial charge in [0, 0.05) is 36.6 Å². The molecular formula is C13H12Cl2N2. The summed E-state index contributed by atoms with van der Waals surface area (Å²) in [5, 5.41) is 1.24. The van der Waals surface area contributed by atoms with Gasteiger partial charge in [0.1, 0.15) is 0 Å². The molecule has 2 aromatic rings. The highest BCUT2D eigenvalue weighted by Gasteiger charge is 2.06. The van der Waals surface area contributed by atoms with Crippen LogP contribution in [0.2, 0.25) is 10.0 Å². The van der Waals surface area contributed by atoms with E-state index in [1.165, 1.54) is 0 Å². The van der Waals surface area contributed by atoms with Crippen molar-refractivity contribution in [1.82, 2.24) is 4.98 Å². The van der Waals surface area contributed by atoms with Crippen molar-refractivity contribution in [2.45, 2.75) is 0 Å². The Bertz CT molecular complexity index is 539. The molecule has 0 N–H and O–H groups in total.